The Morgan fingerprint density at radius 3 is 2.57 bits per heavy atom. The first-order chi connectivity index (χ1) is 6.69. The van der Waals surface area contributed by atoms with Gasteiger partial charge in [0.1, 0.15) is 5.60 Å². The first kappa shape index (κ1) is 9.81. The van der Waals surface area contributed by atoms with Crippen molar-refractivity contribution in [3.05, 3.63) is 0 Å². The molecule has 0 aromatic rings. The molecule has 1 amide bonds. The van der Waals surface area contributed by atoms with E-state index in [4.69, 9.17) is 4.74 Å². The van der Waals surface area contributed by atoms with Gasteiger partial charge in [-0.2, -0.15) is 0 Å². The van der Waals surface area contributed by atoms with E-state index in [1.165, 1.54) is 19.3 Å². The molecule has 0 N–H and O–H groups in total. The zero-order valence-electron chi connectivity index (χ0n) is 9.08. The lowest BCUT2D eigenvalue weighted by Crippen LogP contribution is -2.44. The number of rotatable bonds is 1. The van der Waals surface area contributed by atoms with E-state index < -0.39 is 0 Å². The standard InChI is InChI=1S/C11H19NO2/c1-3-12-9(2)11(14-10(12)13)7-5-4-6-8-11/h9H,3-8H2,1-2H3/t9-/m1/s1. The molecule has 0 radical (unpaired) electrons. The van der Waals surface area contributed by atoms with Gasteiger partial charge in [-0.1, -0.05) is 6.42 Å². The van der Waals surface area contributed by atoms with E-state index in [0.29, 0.717) is 0 Å². The van der Waals surface area contributed by atoms with E-state index in [2.05, 4.69) is 6.92 Å². The summed E-state index contributed by atoms with van der Waals surface area (Å²) >= 11 is 0. The van der Waals surface area contributed by atoms with Gasteiger partial charge in [-0.3, -0.25) is 0 Å². The summed E-state index contributed by atoms with van der Waals surface area (Å²) in [6.45, 7) is 4.90. The molecule has 0 bridgehead atoms. The highest BCUT2D eigenvalue weighted by Gasteiger charge is 2.50. The second kappa shape index (κ2) is 3.44. The second-order valence-electron chi connectivity index (χ2n) is 4.46. The van der Waals surface area contributed by atoms with Crippen LogP contribution in [0.2, 0.25) is 0 Å². The summed E-state index contributed by atoms with van der Waals surface area (Å²) in [5, 5.41) is 0. The quantitative estimate of drug-likeness (QED) is 0.646. The van der Waals surface area contributed by atoms with E-state index in [-0.39, 0.29) is 17.7 Å². The van der Waals surface area contributed by atoms with Crippen molar-refractivity contribution < 1.29 is 9.53 Å². The fraction of sp³-hybridized carbons (Fsp3) is 0.909. The van der Waals surface area contributed by atoms with Gasteiger partial charge in [0.25, 0.3) is 0 Å². The van der Waals surface area contributed by atoms with Gasteiger partial charge < -0.3 is 9.64 Å². The molecule has 0 aromatic carbocycles. The van der Waals surface area contributed by atoms with Crippen LogP contribution < -0.4 is 0 Å². The van der Waals surface area contributed by atoms with Gasteiger partial charge in [-0.25, -0.2) is 4.79 Å². The normalized spacial score (nSPS) is 30.9. The van der Waals surface area contributed by atoms with Crippen LogP contribution >= 0.6 is 0 Å². The van der Waals surface area contributed by atoms with E-state index in [1.807, 2.05) is 11.8 Å². The molecule has 2 aliphatic rings. The highest BCUT2D eigenvalue weighted by molar-refractivity contribution is 5.71. The Bertz CT molecular complexity index is 233. The van der Waals surface area contributed by atoms with Gasteiger partial charge in [0.15, 0.2) is 0 Å². The molecule has 2 fully saturated rings. The Balaban J connectivity index is 2.17. The number of carbonyl (C=O) groups excluding carboxylic acids is 1. The predicted molar refractivity (Wildman–Crippen MR) is 54.1 cm³/mol. The second-order valence-corrected chi connectivity index (χ2v) is 4.46. The maximum atomic E-state index is 11.6. The largest absolute Gasteiger partial charge is 0.441 e. The molecular weight excluding hydrogens is 178 g/mol. The number of ether oxygens (including phenoxy) is 1. The summed E-state index contributed by atoms with van der Waals surface area (Å²) in [5.74, 6) is 0. The third-order valence-electron chi connectivity index (χ3n) is 3.79. The molecule has 1 heterocycles. The molecule has 14 heavy (non-hydrogen) atoms. The van der Waals surface area contributed by atoms with Crippen LogP contribution in [0.4, 0.5) is 4.79 Å². The summed E-state index contributed by atoms with van der Waals surface area (Å²) in [6, 6.07) is 0.264. The van der Waals surface area contributed by atoms with Crippen LogP contribution in [0.25, 0.3) is 0 Å². The summed E-state index contributed by atoms with van der Waals surface area (Å²) in [6.07, 6.45) is 5.69. The van der Waals surface area contributed by atoms with Crippen molar-refractivity contribution in [2.45, 2.75) is 57.6 Å². The zero-order valence-corrected chi connectivity index (χ0v) is 9.08. The summed E-state index contributed by atoms with van der Waals surface area (Å²) in [4.78, 5) is 13.4. The fourth-order valence-corrected chi connectivity index (χ4v) is 2.83. The van der Waals surface area contributed by atoms with Crippen molar-refractivity contribution >= 4 is 6.09 Å². The zero-order chi connectivity index (χ0) is 10.2. The number of hydrogen-bond donors (Lipinski definition) is 0. The minimum absolute atomic E-state index is 0.109. The number of amides is 1. The maximum absolute atomic E-state index is 11.6. The minimum Gasteiger partial charge on any atom is -0.441 e. The van der Waals surface area contributed by atoms with Crippen LogP contribution in [-0.2, 0) is 4.74 Å². The van der Waals surface area contributed by atoms with E-state index in [9.17, 15) is 4.79 Å². The molecule has 0 aromatic heterocycles. The Kier molecular flexibility index (Phi) is 2.41. The van der Waals surface area contributed by atoms with Crippen molar-refractivity contribution in [1.29, 1.82) is 0 Å². The number of carbonyl (C=O) groups is 1. The Labute approximate surface area is 85.4 Å². The number of hydrogen-bond acceptors (Lipinski definition) is 2. The fourth-order valence-electron chi connectivity index (χ4n) is 2.83. The SMILES string of the molecule is CCN1C(=O)OC2(CCCCC2)[C@H]1C. The van der Waals surface area contributed by atoms with Gasteiger partial charge in [0.05, 0.1) is 6.04 Å². The first-order valence-corrected chi connectivity index (χ1v) is 5.69. The Morgan fingerprint density at radius 2 is 2.07 bits per heavy atom. The Morgan fingerprint density at radius 1 is 1.43 bits per heavy atom. The van der Waals surface area contributed by atoms with Gasteiger partial charge in [-0.05, 0) is 39.5 Å². The average molecular weight is 197 g/mol. The third-order valence-corrected chi connectivity index (χ3v) is 3.79. The molecule has 1 aliphatic heterocycles. The van der Waals surface area contributed by atoms with Crippen molar-refractivity contribution in [2.75, 3.05) is 6.54 Å². The van der Waals surface area contributed by atoms with Gasteiger partial charge in [0, 0.05) is 6.54 Å². The molecule has 1 atom stereocenters. The highest BCUT2D eigenvalue weighted by atomic mass is 16.6. The van der Waals surface area contributed by atoms with Crippen molar-refractivity contribution in [3.8, 4) is 0 Å². The van der Waals surface area contributed by atoms with Crippen LogP contribution in [-0.4, -0.2) is 29.2 Å². The van der Waals surface area contributed by atoms with Crippen LogP contribution in [0.5, 0.6) is 0 Å². The summed E-state index contributed by atoms with van der Waals surface area (Å²) in [7, 11) is 0. The predicted octanol–water partition coefficient (Wildman–Crippen LogP) is 2.55. The first-order valence-electron chi connectivity index (χ1n) is 5.69. The molecule has 80 valence electrons. The molecule has 0 unspecified atom stereocenters. The Hall–Kier alpha value is -0.730. The monoisotopic (exact) mass is 197 g/mol. The number of likely N-dealkylation sites (N-methyl/N-ethyl adjacent to an activating group) is 1. The lowest BCUT2D eigenvalue weighted by molar-refractivity contribution is 0.00596. The van der Waals surface area contributed by atoms with Gasteiger partial charge in [-0.15, -0.1) is 0 Å². The molecule has 1 aliphatic carbocycles. The van der Waals surface area contributed by atoms with Crippen LogP contribution in [0.15, 0.2) is 0 Å². The molecule has 1 saturated carbocycles. The maximum Gasteiger partial charge on any atom is 0.410 e. The molecule has 2 rings (SSSR count). The van der Waals surface area contributed by atoms with Gasteiger partial charge in [0.2, 0.25) is 0 Å². The third kappa shape index (κ3) is 1.30. The lowest BCUT2D eigenvalue weighted by atomic mass is 9.80. The highest BCUT2D eigenvalue weighted by Crippen LogP contribution is 2.41. The van der Waals surface area contributed by atoms with E-state index >= 15 is 0 Å². The van der Waals surface area contributed by atoms with Crippen LogP contribution in [0.1, 0.15) is 46.0 Å². The van der Waals surface area contributed by atoms with Gasteiger partial charge >= 0.3 is 6.09 Å². The average Bonchev–Trinajstić information content (AvgIpc) is 2.40. The van der Waals surface area contributed by atoms with Crippen LogP contribution in [0, 0.1) is 0 Å². The minimum atomic E-state index is -0.147. The van der Waals surface area contributed by atoms with Crippen molar-refractivity contribution in [3.63, 3.8) is 0 Å². The van der Waals surface area contributed by atoms with Crippen LogP contribution in [0.3, 0.4) is 0 Å². The van der Waals surface area contributed by atoms with E-state index in [1.54, 1.807) is 0 Å². The van der Waals surface area contributed by atoms with Crippen molar-refractivity contribution in [2.24, 2.45) is 0 Å². The van der Waals surface area contributed by atoms with Crippen molar-refractivity contribution in [1.82, 2.24) is 4.90 Å². The number of nitrogens with zero attached hydrogens (tertiary/aromatic N) is 1. The lowest BCUT2D eigenvalue weighted by Gasteiger charge is -2.35. The molecular formula is C11H19NO2. The molecule has 3 heteroatoms. The topological polar surface area (TPSA) is 29.5 Å². The molecule has 1 saturated heterocycles. The summed E-state index contributed by atoms with van der Waals surface area (Å²) < 4.78 is 5.59. The molecule has 3 nitrogen and oxygen atoms in total. The molecule has 1 spiro atoms. The van der Waals surface area contributed by atoms with E-state index in [0.717, 1.165) is 19.4 Å². The summed E-state index contributed by atoms with van der Waals surface area (Å²) in [5.41, 5.74) is -0.147. The smallest absolute Gasteiger partial charge is 0.410 e.